The molecule has 2 N–H and O–H groups in total. The van der Waals surface area contributed by atoms with Crippen LogP contribution < -0.4 is 20.1 Å². The standard InChI is InChI=1S/C23H16F2N4O4/c24-15-5-6-18(17(25)11-15)27-23(30)26-16-3-1-2-14(10-16)22-29-28-21(33-22)9-13-4-7-19-20(8-13)32-12-31-19/h1-8,10-11H,9,12H2,(H2,26,27,30). The van der Waals surface area contributed by atoms with Crippen LogP contribution in [0.15, 0.2) is 65.1 Å². The smallest absolute Gasteiger partial charge is 0.323 e. The monoisotopic (exact) mass is 450 g/mol. The number of amides is 2. The molecule has 1 aliphatic heterocycles. The van der Waals surface area contributed by atoms with Gasteiger partial charge in [-0.1, -0.05) is 12.1 Å². The predicted molar refractivity (Wildman–Crippen MR) is 114 cm³/mol. The van der Waals surface area contributed by atoms with Gasteiger partial charge in [-0.3, -0.25) is 0 Å². The van der Waals surface area contributed by atoms with Crippen LogP contribution in [0.2, 0.25) is 0 Å². The van der Waals surface area contributed by atoms with E-state index >= 15 is 0 Å². The maximum Gasteiger partial charge on any atom is 0.323 e. The minimum absolute atomic E-state index is 0.143. The number of ether oxygens (including phenoxy) is 2. The van der Waals surface area contributed by atoms with Crippen molar-refractivity contribution in [2.45, 2.75) is 6.42 Å². The van der Waals surface area contributed by atoms with Crippen LogP contribution in [0.25, 0.3) is 11.5 Å². The zero-order valence-electron chi connectivity index (χ0n) is 17.0. The molecule has 10 heteroatoms. The lowest BCUT2D eigenvalue weighted by Gasteiger charge is -2.09. The maximum absolute atomic E-state index is 13.7. The van der Waals surface area contributed by atoms with Gasteiger partial charge in [0, 0.05) is 17.3 Å². The summed E-state index contributed by atoms with van der Waals surface area (Å²) in [6.45, 7) is 0.199. The molecule has 5 rings (SSSR count). The first-order valence-corrected chi connectivity index (χ1v) is 9.88. The number of halogens is 2. The third-order valence-corrected chi connectivity index (χ3v) is 4.81. The average molecular weight is 450 g/mol. The van der Waals surface area contributed by atoms with Crippen molar-refractivity contribution in [2.24, 2.45) is 0 Å². The number of hydrogen-bond acceptors (Lipinski definition) is 6. The number of rotatable bonds is 5. The molecular formula is C23H16F2N4O4. The fourth-order valence-electron chi connectivity index (χ4n) is 3.27. The Morgan fingerprint density at radius 3 is 2.70 bits per heavy atom. The summed E-state index contributed by atoms with van der Waals surface area (Å²) < 4.78 is 43.2. The molecule has 0 bridgehead atoms. The lowest BCUT2D eigenvalue weighted by molar-refractivity contribution is 0.174. The van der Waals surface area contributed by atoms with Gasteiger partial charge in [0.1, 0.15) is 11.6 Å². The quantitative estimate of drug-likeness (QED) is 0.445. The highest BCUT2D eigenvalue weighted by Gasteiger charge is 2.16. The number of hydrogen-bond donors (Lipinski definition) is 2. The summed E-state index contributed by atoms with van der Waals surface area (Å²) in [6, 6.07) is 14.5. The fraction of sp³-hybridized carbons (Fsp3) is 0.0870. The molecule has 0 radical (unpaired) electrons. The highest BCUT2D eigenvalue weighted by Crippen LogP contribution is 2.33. The van der Waals surface area contributed by atoms with Crippen molar-refractivity contribution in [3.63, 3.8) is 0 Å². The van der Waals surface area contributed by atoms with E-state index in [1.807, 2.05) is 18.2 Å². The summed E-state index contributed by atoms with van der Waals surface area (Å²) in [4.78, 5) is 12.2. The van der Waals surface area contributed by atoms with Gasteiger partial charge in [0.2, 0.25) is 18.6 Å². The van der Waals surface area contributed by atoms with Crippen molar-refractivity contribution < 1.29 is 27.5 Å². The average Bonchev–Trinajstić information content (AvgIpc) is 3.45. The van der Waals surface area contributed by atoms with Crippen molar-refractivity contribution in [1.29, 1.82) is 0 Å². The summed E-state index contributed by atoms with van der Waals surface area (Å²) in [6.07, 6.45) is 0.410. The highest BCUT2D eigenvalue weighted by molar-refractivity contribution is 6.00. The van der Waals surface area contributed by atoms with E-state index in [-0.39, 0.29) is 18.4 Å². The number of carbonyl (C=O) groups is 1. The van der Waals surface area contributed by atoms with Gasteiger partial charge in [0.25, 0.3) is 0 Å². The van der Waals surface area contributed by atoms with Gasteiger partial charge in [-0.05, 0) is 48.0 Å². The summed E-state index contributed by atoms with van der Waals surface area (Å²) in [5.74, 6) is 0.444. The van der Waals surface area contributed by atoms with E-state index in [1.54, 1.807) is 24.3 Å². The molecule has 8 nitrogen and oxygen atoms in total. The van der Waals surface area contributed by atoms with E-state index in [1.165, 1.54) is 0 Å². The molecule has 0 aliphatic carbocycles. The van der Waals surface area contributed by atoms with E-state index in [0.717, 1.165) is 17.7 Å². The van der Waals surface area contributed by atoms with Crippen LogP contribution >= 0.6 is 0 Å². The van der Waals surface area contributed by atoms with Crippen LogP contribution in [0, 0.1) is 11.6 Å². The van der Waals surface area contributed by atoms with E-state index < -0.39 is 17.7 Å². The van der Waals surface area contributed by atoms with Gasteiger partial charge >= 0.3 is 6.03 Å². The lowest BCUT2D eigenvalue weighted by Crippen LogP contribution is -2.20. The zero-order chi connectivity index (χ0) is 22.8. The second kappa shape index (κ2) is 8.58. The Bertz CT molecular complexity index is 1340. The molecule has 1 aliphatic rings. The summed E-state index contributed by atoms with van der Waals surface area (Å²) in [5.41, 5.74) is 1.79. The molecule has 1 aromatic heterocycles. The minimum atomic E-state index is -0.875. The predicted octanol–water partition coefficient (Wildman–Crippen LogP) is 4.98. The van der Waals surface area contributed by atoms with E-state index in [9.17, 15) is 13.6 Å². The Balaban J connectivity index is 1.26. The van der Waals surface area contributed by atoms with Crippen molar-refractivity contribution in [3.05, 3.63) is 83.8 Å². The minimum Gasteiger partial charge on any atom is -0.454 e. The Morgan fingerprint density at radius 2 is 1.82 bits per heavy atom. The third kappa shape index (κ3) is 4.59. The Kier molecular flexibility index (Phi) is 5.31. The molecular weight excluding hydrogens is 434 g/mol. The van der Waals surface area contributed by atoms with Crippen LogP contribution in [0.5, 0.6) is 11.5 Å². The number of nitrogens with one attached hydrogen (secondary N) is 2. The van der Waals surface area contributed by atoms with Gasteiger partial charge in [-0.2, -0.15) is 0 Å². The molecule has 4 aromatic rings. The second-order valence-electron chi connectivity index (χ2n) is 7.15. The molecule has 0 spiro atoms. The van der Waals surface area contributed by atoms with Gasteiger partial charge < -0.3 is 24.5 Å². The Morgan fingerprint density at radius 1 is 0.939 bits per heavy atom. The van der Waals surface area contributed by atoms with Crippen LogP contribution in [0.4, 0.5) is 25.0 Å². The zero-order valence-corrected chi connectivity index (χ0v) is 17.0. The lowest BCUT2D eigenvalue weighted by atomic mass is 10.1. The normalized spacial score (nSPS) is 11.9. The number of nitrogens with zero attached hydrogens (tertiary/aromatic N) is 2. The molecule has 33 heavy (non-hydrogen) atoms. The molecule has 0 unspecified atom stereocenters. The molecule has 0 fully saturated rings. The van der Waals surface area contributed by atoms with Crippen molar-refractivity contribution in [3.8, 4) is 23.0 Å². The first-order chi connectivity index (χ1) is 16.0. The Hall–Kier alpha value is -4.47. The van der Waals surface area contributed by atoms with Crippen LogP contribution in [0.1, 0.15) is 11.5 Å². The SMILES string of the molecule is O=C(Nc1cccc(-c2nnc(Cc3ccc4c(c3)OCO4)o2)c1)Nc1ccc(F)cc1F. The first kappa shape index (κ1) is 20.4. The summed E-state index contributed by atoms with van der Waals surface area (Å²) in [5, 5.41) is 13.1. The number of urea groups is 1. The molecule has 3 aromatic carbocycles. The van der Waals surface area contributed by atoms with Crippen LogP contribution in [-0.2, 0) is 6.42 Å². The number of anilines is 2. The van der Waals surface area contributed by atoms with Gasteiger partial charge in [0.05, 0.1) is 12.1 Å². The number of carbonyl (C=O) groups excluding carboxylic acids is 1. The number of benzene rings is 3. The first-order valence-electron chi connectivity index (χ1n) is 9.88. The van der Waals surface area contributed by atoms with Crippen molar-refractivity contribution >= 4 is 17.4 Å². The van der Waals surface area contributed by atoms with Crippen molar-refractivity contribution in [2.75, 3.05) is 17.4 Å². The van der Waals surface area contributed by atoms with Gasteiger partial charge in [0.15, 0.2) is 11.5 Å². The van der Waals surface area contributed by atoms with E-state index in [4.69, 9.17) is 13.9 Å². The molecule has 0 atom stereocenters. The molecule has 0 saturated heterocycles. The third-order valence-electron chi connectivity index (χ3n) is 4.81. The van der Waals surface area contributed by atoms with Gasteiger partial charge in [-0.25, -0.2) is 13.6 Å². The second-order valence-corrected chi connectivity index (χ2v) is 7.15. The number of fused-ring (bicyclic) bond motifs is 1. The number of aromatic nitrogens is 2. The van der Waals surface area contributed by atoms with Crippen LogP contribution in [-0.4, -0.2) is 23.0 Å². The van der Waals surface area contributed by atoms with E-state index in [2.05, 4.69) is 20.8 Å². The molecule has 166 valence electrons. The molecule has 0 saturated carbocycles. The largest absolute Gasteiger partial charge is 0.454 e. The van der Waals surface area contributed by atoms with E-state index in [0.29, 0.717) is 41.1 Å². The van der Waals surface area contributed by atoms with Gasteiger partial charge in [-0.15, -0.1) is 10.2 Å². The highest BCUT2D eigenvalue weighted by atomic mass is 19.1. The van der Waals surface area contributed by atoms with Crippen LogP contribution in [0.3, 0.4) is 0 Å². The summed E-state index contributed by atoms with van der Waals surface area (Å²) >= 11 is 0. The molecule has 2 heterocycles. The van der Waals surface area contributed by atoms with Crippen molar-refractivity contribution in [1.82, 2.24) is 10.2 Å². The maximum atomic E-state index is 13.7. The summed E-state index contributed by atoms with van der Waals surface area (Å²) in [7, 11) is 0. The molecule has 2 amide bonds. The fourth-order valence-corrected chi connectivity index (χ4v) is 3.27. The Labute approximate surface area is 186 Å². The topological polar surface area (TPSA) is 98.5 Å².